The Morgan fingerprint density at radius 1 is 0.962 bits per heavy atom. The first kappa shape index (κ1) is 26.7. The molecule has 8 heteroatoms. The zero-order chi connectivity index (χ0) is 18.9. The van der Waals surface area contributed by atoms with Crippen molar-refractivity contribution >= 4 is 30.2 Å². The summed E-state index contributed by atoms with van der Waals surface area (Å²) in [5, 5.41) is 11.7. The molecule has 0 saturated heterocycles. The normalized spacial score (nSPS) is 11.3. The van der Waals surface area contributed by atoms with Gasteiger partial charge in [0.1, 0.15) is 6.04 Å². The van der Waals surface area contributed by atoms with Gasteiger partial charge in [0.05, 0.1) is 0 Å². The quantitative estimate of drug-likeness (QED) is 0.182. The molecule has 6 N–H and O–H groups in total. The van der Waals surface area contributed by atoms with Crippen molar-refractivity contribution in [2.45, 2.75) is 90.0 Å². The van der Waals surface area contributed by atoms with Gasteiger partial charge in [-0.15, -0.1) is 12.4 Å². The molecule has 0 bridgehead atoms. The van der Waals surface area contributed by atoms with Crippen molar-refractivity contribution in [3.8, 4) is 0 Å². The highest BCUT2D eigenvalue weighted by Crippen LogP contribution is 2.10. The van der Waals surface area contributed by atoms with Crippen molar-refractivity contribution in [2.24, 2.45) is 16.5 Å². The van der Waals surface area contributed by atoms with Crippen molar-refractivity contribution in [1.29, 1.82) is 0 Å². The molecule has 0 aliphatic carbocycles. The Hall–Kier alpha value is -1.50. The molecule has 0 spiro atoms. The Bertz CT molecular complexity index is 402. The standard InChI is InChI=1S/C18H36N4O3.ClH/c1-2-3-4-5-6-7-8-9-10-13-16(23)22-15(17(24)25)12-11-14-21-18(19)20;/h15H,2-14H2,1H3,(H,22,23)(H,24,25)(H4,19,20,21);1H/t15-;/m0./s1. The SMILES string of the molecule is CCCCCCCCCCCC(=O)N[C@@H](CCCN=C(N)N)C(=O)O.Cl. The summed E-state index contributed by atoms with van der Waals surface area (Å²) in [5.74, 6) is -1.23. The summed E-state index contributed by atoms with van der Waals surface area (Å²) in [6.45, 7) is 2.57. The second-order valence-corrected chi connectivity index (χ2v) is 6.49. The fourth-order valence-corrected chi connectivity index (χ4v) is 2.62. The number of carbonyl (C=O) groups is 2. The Morgan fingerprint density at radius 3 is 2.00 bits per heavy atom. The lowest BCUT2D eigenvalue weighted by atomic mass is 10.1. The number of carbonyl (C=O) groups excluding carboxylic acids is 1. The number of hydrogen-bond donors (Lipinski definition) is 4. The number of aliphatic carboxylic acids is 1. The van der Waals surface area contributed by atoms with Crippen LogP contribution in [0.4, 0.5) is 0 Å². The maximum absolute atomic E-state index is 11.9. The number of aliphatic imine (C=N–C) groups is 1. The maximum atomic E-state index is 11.9. The molecule has 0 aliphatic heterocycles. The molecule has 0 saturated carbocycles. The zero-order valence-electron chi connectivity index (χ0n) is 16.0. The molecule has 0 aromatic carbocycles. The second kappa shape index (κ2) is 18.3. The molecule has 0 unspecified atom stereocenters. The highest BCUT2D eigenvalue weighted by Gasteiger charge is 2.18. The molecule has 26 heavy (non-hydrogen) atoms. The van der Waals surface area contributed by atoms with E-state index in [1.54, 1.807) is 0 Å². The summed E-state index contributed by atoms with van der Waals surface area (Å²) in [7, 11) is 0. The van der Waals surface area contributed by atoms with Crippen LogP contribution in [0.5, 0.6) is 0 Å². The van der Waals surface area contributed by atoms with Gasteiger partial charge >= 0.3 is 5.97 Å². The highest BCUT2D eigenvalue weighted by molar-refractivity contribution is 5.85. The number of amides is 1. The smallest absolute Gasteiger partial charge is 0.326 e. The first-order valence-electron chi connectivity index (χ1n) is 9.55. The Morgan fingerprint density at radius 2 is 1.50 bits per heavy atom. The first-order chi connectivity index (χ1) is 12.0. The molecule has 1 atom stereocenters. The third-order valence-corrected chi connectivity index (χ3v) is 4.09. The third-order valence-electron chi connectivity index (χ3n) is 4.09. The molecule has 0 aliphatic rings. The fourth-order valence-electron chi connectivity index (χ4n) is 2.62. The summed E-state index contributed by atoms with van der Waals surface area (Å²) in [6, 6.07) is -0.875. The van der Waals surface area contributed by atoms with E-state index in [4.69, 9.17) is 16.6 Å². The van der Waals surface area contributed by atoms with Gasteiger partial charge in [-0.25, -0.2) is 4.79 Å². The molecule has 154 valence electrons. The predicted molar refractivity (Wildman–Crippen MR) is 109 cm³/mol. The number of carboxylic acids is 1. The minimum Gasteiger partial charge on any atom is -0.480 e. The third kappa shape index (κ3) is 17.3. The summed E-state index contributed by atoms with van der Waals surface area (Å²) < 4.78 is 0. The van der Waals surface area contributed by atoms with Gasteiger partial charge in [-0.3, -0.25) is 9.79 Å². The summed E-state index contributed by atoms with van der Waals surface area (Å²) >= 11 is 0. The molecule has 0 aromatic heterocycles. The van der Waals surface area contributed by atoms with E-state index in [0.29, 0.717) is 25.8 Å². The minimum absolute atomic E-state index is 0. The van der Waals surface area contributed by atoms with E-state index in [9.17, 15) is 9.59 Å². The van der Waals surface area contributed by atoms with E-state index in [0.717, 1.165) is 19.3 Å². The Kier molecular flexibility index (Phi) is 18.8. The summed E-state index contributed by atoms with van der Waals surface area (Å²) in [4.78, 5) is 26.9. The van der Waals surface area contributed by atoms with Gasteiger partial charge in [0.15, 0.2) is 5.96 Å². The van der Waals surface area contributed by atoms with Gasteiger partial charge in [-0.2, -0.15) is 0 Å². The number of guanidine groups is 1. The topological polar surface area (TPSA) is 131 Å². The minimum atomic E-state index is -1.02. The largest absolute Gasteiger partial charge is 0.480 e. The second-order valence-electron chi connectivity index (χ2n) is 6.49. The zero-order valence-corrected chi connectivity index (χ0v) is 16.9. The van der Waals surface area contributed by atoms with E-state index in [2.05, 4.69) is 17.2 Å². The van der Waals surface area contributed by atoms with Crippen LogP contribution in [0.2, 0.25) is 0 Å². The van der Waals surface area contributed by atoms with Crippen molar-refractivity contribution in [3.63, 3.8) is 0 Å². The number of nitrogens with zero attached hydrogens (tertiary/aromatic N) is 1. The van der Waals surface area contributed by atoms with Gasteiger partial charge in [0.2, 0.25) is 5.91 Å². The van der Waals surface area contributed by atoms with Crippen LogP contribution < -0.4 is 16.8 Å². The number of nitrogens with two attached hydrogens (primary N) is 2. The van der Waals surface area contributed by atoms with Gasteiger partial charge in [-0.05, 0) is 19.3 Å². The number of halogens is 1. The lowest BCUT2D eigenvalue weighted by Crippen LogP contribution is -2.40. The van der Waals surface area contributed by atoms with Gasteiger partial charge < -0.3 is 21.9 Å². The molecule has 0 radical (unpaired) electrons. The summed E-state index contributed by atoms with van der Waals surface area (Å²) in [6.07, 6.45) is 11.9. The van der Waals surface area contributed by atoms with Crippen LogP contribution in [-0.2, 0) is 9.59 Å². The molecule has 1 amide bonds. The number of carboxylic acid groups (broad SMARTS) is 1. The van der Waals surface area contributed by atoms with Gasteiger partial charge in [-0.1, -0.05) is 58.3 Å². The highest BCUT2D eigenvalue weighted by atomic mass is 35.5. The van der Waals surface area contributed by atoms with Crippen molar-refractivity contribution in [1.82, 2.24) is 5.32 Å². The fraction of sp³-hybridized carbons (Fsp3) is 0.833. The van der Waals surface area contributed by atoms with E-state index in [-0.39, 0.29) is 24.3 Å². The van der Waals surface area contributed by atoms with Crippen LogP contribution >= 0.6 is 12.4 Å². The van der Waals surface area contributed by atoms with E-state index in [1.807, 2.05) is 0 Å². The van der Waals surface area contributed by atoms with Crippen molar-refractivity contribution < 1.29 is 14.7 Å². The number of unbranched alkanes of at least 4 members (excludes halogenated alkanes) is 8. The Balaban J connectivity index is 0. The Labute approximate surface area is 163 Å². The van der Waals surface area contributed by atoms with Crippen LogP contribution in [0.25, 0.3) is 0 Å². The van der Waals surface area contributed by atoms with E-state index in [1.165, 1.54) is 38.5 Å². The predicted octanol–water partition coefficient (Wildman–Crippen LogP) is 2.95. The average Bonchev–Trinajstić information content (AvgIpc) is 2.55. The van der Waals surface area contributed by atoms with E-state index >= 15 is 0 Å². The molecule has 7 nitrogen and oxygen atoms in total. The number of rotatable bonds is 16. The number of nitrogens with one attached hydrogen (secondary N) is 1. The first-order valence-corrected chi connectivity index (χ1v) is 9.55. The summed E-state index contributed by atoms with van der Waals surface area (Å²) in [5.41, 5.74) is 10.4. The molecular formula is C18H37ClN4O3. The molecule has 0 heterocycles. The average molecular weight is 393 g/mol. The van der Waals surface area contributed by atoms with Crippen LogP contribution in [0.15, 0.2) is 4.99 Å². The van der Waals surface area contributed by atoms with Crippen LogP contribution in [0.3, 0.4) is 0 Å². The molecule has 0 fully saturated rings. The molecule has 0 aromatic rings. The van der Waals surface area contributed by atoms with Crippen LogP contribution in [0, 0.1) is 0 Å². The van der Waals surface area contributed by atoms with Gasteiger partial charge in [0.25, 0.3) is 0 Å². The van der Waals surface area contributed by atoms with Gasteiger partial charge in [0, 0.05) is 13.0 Å². The maximum Gasteiger partial charge on any atom is 0.326 e. The monoisotopic (exact) mass is 392 g/mol. The lowest BCUT2D eigenvalue weighted by molar-refractivity contribution is -0.142. The molecular weight excluding hydrogens is 356 g/mol. The number of hydrogen-bond acceptors (Lipinski definition) is 3. The van der Waals surface area contributed by atoms with Crippen molar-refractivity contribution in [2.75, 3.05) is 6.54 Å². The van der Waals surface area contributed by atoms with Crippen LogP contribution in [-0.4, -0.2) is 35.5 Å². The van der Waals surface area contributed by atoms with Crippen molar-refractivity contribution in [3.05, 3.63) is 0 Å². The lowest BCUT2D eigenvalue weighted by Gasteiger charge is -2.14. The van der Waals surface area contributed by atoms with Crippen LogP contribution in [0.1, 0.15) is 84.0 Å². The molecule has 0 rings (SSSR count). The van der Waals surface area contributed by atoms with E-state index < -0.39 is 12.0 Å².